The van der Waals surface area contributed by atoms with Gasteiger partial charge in [0, 0.05) is 18.9 Å². The Bertz CT molecular complexity index is 317. The zero-order chi connectivity index (χ0) is 14.3. The Balaban J connectivity index is 4.28. The third-order valence-electron chi connectivity index (χ3n) is 2.56. The first-order chi connectivity index (χ1) is 8.23. The number of aliphatic carboxylic acids is 2. The minimum absolute atomic E-state index is 0.0223. The number of carboxylic acid groups (broad SMARTS) is 2. The molecule has 0 radical (unpaired) electrons. The Kier molecular flexibility index (Phi) is 6.96. The van der Waals surface area contributed by atoms with Gasteiger partial charge in [0.1, 0.15) is 6.04 Å². The number of rotatable bonds is 8. The third kappa shape index (κ3) is 6.85. The van der Waals surface area contributed by atoms with Crippen LogP contribution in [0.3, 0.4) is 0 Å². The van der Waals surface area contributed by atoms with Crippen molar-refractivity contribution in [1.82, 2.24) is 5.32 Å². The van der Waals surface area contributed by atoms with Crippen LogP contribution in [0.4, 0.5) is 0 Å². The summed E-state index contributed by atoms with van der Waals surface area (Å²) < 4.78 is 0. The summed E-state index contributed by atoms with van der Waals surface area (Å²) in [6.45, 7) is 3.72. The van der Waals surface area contributed by atoms with E-state index in [0.717, 1.165) is 0 Å². The van der Waals surface area contributed by atoms with Crippen LogP contribution < -0.4 is 11.1 Å². The highest BCUT2D eigenvalue weighted by Gasteiger charge is 2.22. The summed E-state index contributed by atoms with van der Waals surface area (Å²) in [5.41, 5.74) is 5.69. The highest BCUT2D eigenvalue weighted by atomic mass is 16.4. The van der Waals surface area contributed by atoms with Gasteiger partial charge in [0.25, 0.3) is 0 Å². The first-order valence-electron chi connectivity index (χ1n) is 5.73. The molecule has 0 aliphatic heterocycles. The average molecular weight is 260 g/mol. The van der Waals surface area contributed by atoms with Crippen LogP contribution in [0.1, 0.15) is 33.1 Å². The van der Waals surface area contributed by atoms with E-state index in [1.165, 1.54) is 0 Å². The van der Waals surface area contributed by atoms with Gasteiger partial charge in [-0.25, -0.2) is 4.79 Å². The lowest BCUT2D eigenvalue weighted by atomic mass is 10.0. The quantitative estimate of drug-likeness (QED) is 0.478. The first kappa shape index (κ1) is 16.4. The van der Waals surface area contributed by atoms with E-state index >= 15 is 0 Å². The van der Waals surface area contributed by atoms with Crippen molar-refractivity contribution in [2.45, 2.75) is 45.2 Å². The lowest BCUT2D eigenvalue weighted by Gasteiger charge is -2.18. The molecule has 0 aromatic rings. The van der Waals surface area contributed by atoms with Gasteiger partial charge >= 0.3 is 11.9 Å². The van der Waals surface area contributed by atoms with Crippen LogP contribution in [0.25, 0.3) is 0 Å². The maximum Gasteiger partial charge on any atom is 0.326 e. The molecule has 0 heterocycles. The van der Waals surface area contributed by atoms with Crippen LogP contribution >= 0.6 is 0 Å². The fourth-order valence-electron chi connectivity index (χ4n) is 1.23. The van der Waals surface area contributed by atoms with Gasteiger partial charge in [0.15, 0.2) is 0 Å². The number of carboxylic acids is 2. The molecule has 7 nitrogen and oxygen atoms in total. The minimum Gasteiger partial charge on any atom is -0.481 e. The Morgan fingerprint density at radius 3 is 2.17 bits per heavy atom. The van der Waals surface area contributed by atoms with Crippen molar-refractivity contribution >= 4 is 17.8 Å². The molecule has 7 heteroatoms. The van der Waals surface area contributed by atoms with E-state index in [2.05, 4.69) is 5.32 Å². The van der Waals surface area contributed by atoms with Gasteiger partial charge in [-0.1, -0.05) is 13.8 Å². The van der Waals surface area contributed by atoms with E-state index in [0.29, 0.717) is 0 Å². The van der Waals surface area contributed by atoms with E-state index in [1.807, 2.05) is 13.8 Å². The van der Waals surface area contributed by atoms with E-state index in [1.54, 1.807) is 0 Å². The molecule has 0 rings (SSSR count). The van der Waals surface area contributed by atoms with Crippen LogP contribution in [-0.2, 0) is 14.4 Å². The molecule has 0 aromatic carbocycles. The van der Waals surface area contributed by atoms with Crippen molar-refractivity contribution in [3.63, 3.8) is 0 Å². The largest absolute Gasteiger partial charge is 0.481 e. The van der Waals surface area contributed by atoms with Crippen molar-refractivity contribution in [2.24, 2.45) is 11.7 Å². The molecule has 5 N–H and O–H groups in total. The predicted molar refractivity (Wildman–Crippen MR) is 63.9 cm³/mol. The maximum atomic E-state index is 11.5. The molecule has 104 valence electrons. The average Bonchev–Trinajstić information content (AvgIpc) is 2.23. The predicted octanol–water partition coefficient (Wildman–Crippen LogP) is -0.206. The van der Waals surface area contributed by atoms with E-state index in [4.69, 9.17) is 15.9 Å². The second-order valence-electron chi connectivity index (χ2n) is 4.50. The summed E-state index contributed by atoms with van der Waals surface area (Å²) in [5.74, 6) is -2.72. The molecule has 1 unspecified atom stereocenters. The Morgan fingerprint density at radius 1 is 1.22 bits per heavy atom. The molecule has 2 atom stereocenters. The maximum absolute atomic E-state index is 11.5. The number of amides is 1. The second kappa shape index (κ2) is 7.65. The Hall–Kier alpha value is -1.63. The van der Waals surface area contributed by atoms with Gasteiger partial charge in [-0.15, -0.1) is 0 Å². The number of hydrogen-bond acceptors (Lipinski definition) is 4. The standard InChI is InChI=1S/C11H20N2O5/c1-6(2)7(12)5-9(14)13-8(11(17)18)3-4-10(15)16/h6-8H,3-5,12H2,1-2H3,(H,13,14)(H,15,16)(H,17,18)/t7?,8-/m0/s1. The minimum atomic E-state index is -1.25. The first-order valence-corrected chi connectivity index (χ1v) is 5.73. The Labute approximate surface area is 105 Å². The number of carbonyl (C=O) groups excluding carboxylic acids is 1. The van der Waals surface area contributed by atoms with Gasteiger partial charge < -0.3 is 21.3 Å². The third-order valence-corrected chi connectivity index (χ3v) is 2.56. The molecular weight excluding hydrogens is 240 g/mol. The van der Waals surface area contributed by atoms with Crippen molar-refractivity contribution < 1.29 is 24.6 Å². The fourth-order valence-corrected chi connectivity index (χ4v) is 1.23. The van der Waals surface area contributed by atoms with Crippen LogP contribution in [0.5, 0.6) is 0 Å². The molecule has 18 heavy (non-hydrogen) atoms. The molecular formula is C11H20N2O5. The monoisotopic (exact) mass is 260 g/mol. The Morgan fingerprint density at radius 2 is 1.78 bits per heavy atom. The highest BCUT2D eigenvalue weighted by Crippen LogP contribution is 2.04. The second-order valence-corrected chi connectivity index (χ2v) is 4.50. The number of nitrogens with one attached hydrogen (secondary N) is 1. The fraction of sp³-hybridized carbons (Fsp3) is 0.727. The van der Waals surface area contributed by atoms with Crippen LogP contribution in [0, 0.1) is 5.92 Å². The number of carbonyl (C=O) groups is 3. The smallest absolute Gasteiger partial charge is 0.326 e. The topological polar surface area (TPSA) is 130 Å². The molecule has 0 aliphatic rings. The van der Waals surface area contributed by atoms with E-state index in [9.17, 15) is 14.4 Å². The molecule has 0 aliphatic carbocycles. The van der Waals surface area contributed by atoms with E-state index in [-0.39, 0.29) is 31.2 Å². The number of hydrogen-bond donors (Lipinski definition) is 4. The SMILES string of the molecule is CC(C)C(N)CC(=O)N[C@@H](CCC(=O)O)C(=O)O. The van der Waals surface area contributed by atoms with Crippen LogP contribution in [0.15, 0.2) is 0 Å². The molecule has 0 bridgehead atoms. The van der Waals surface area contributed by atoms with Gasteiger partial charge in [-0.2, -0.15) is 0 Å². The van der Waals surface area contributed by atoms with Gasteiger partial charge in [-0.05, 0) is 12.3 Å². The van der Waals surface area contributed by atoms with Gasteiger partial charge in [0.2, 0.25) is 5.91 Å². The summed E-state index contributed by atoms with van der Waals surface area (Å²) in [7, 11) is 0. The molecule has 0 saturated heterocycles. The summed E-state index contributed by atoms with van der Waals surface area (Å²) in [6.07, 6.45) is -0.435. The van der Waals surface area contributed by atoms with E-state index < -0.39 is 23.9 Å². The lowest BCUT2D eigenvalue weighted by molar-refractivity contribution is -0.143. The van der Waals surface area contributed by atoms with Crippen molar-refractivity contribution in [2.75, 3.05) is 0 Å². The van der Waals surface area contributed by atoms with Gasteiger partial charge in [0.05, 0.1) is 0 Å². The van der Waals surface area contributed by atoms with Crippen LogP contribution in [0.2, 0.25) is 0 Å². The highest BCUT2D eigenvalue weighted by molar-refractivity contribution is 5.84. The zero-order valence-electron chi connectivity index (χ0n) is 10.5. The number of nitrogens with two attached hydrogens (primary N) is 1. The normalized spacial score (nSPS) is 14.0. The lowest BCUT2D eigenvalue weighted by Crippen LogP contribution is -2.43. The molecule has 0 aromatic heterocycles. The zero-order valence-corrected chi connectivity index (χ0v) is 10.5. The molecule has 0 spiro atoms. The molecule has 0 fully saturated rings. The van der Waals surface area contributed by atoms with Gasteiger partial charge in [-0.3, -0.25) is 9.59 Å². The van der Waals surface area contributed by atoms with Crippen molar-refractivity contribution in [3.05, 3.63) is 0 Å². The van der Waals surface area contributed by atoms with Crippen molar-refractivity contribution in [1.29, 1.82) is 0 Å². The summed E-state index contributed by atoms with van der Waals surface area (Å²) in [5, 5.41) is 19.6. The summed E-state index contributed by atoms with van der Waals surface area (Å²) in [6, 6.07) is -1.54. The summed E-state index contributed by atoms with van der Waals surface area (Å²) >= 11 is 0. The molecule has 1 amide bonds. The van der Waals surface area contributed by atoms with Crippen LogP contribution in [-0.4, -0.2) is 40.1 Å². The van der Waals surface area contributed by atoms with Crippen molar-refractivity contribution in [3.8, 4) is 0 Å². The molecule has 0 saturated carbocycles. The summed E-state index contributed by atoms with van der Waals surface area (Å²) in [4.78, 5) is 32.7.